The fraction of sp³-hybridized carbons (Fsp3) is 0.412. The zero-order valence-corrected chi connectivity index (χ0v) is 15.7. The number of halogens is 1. The van der Waals surface area contributed by atoms with Crippen molar-refractivity contribution in [2.24, 2.45) is 0 Å². The monoisotopic (exact) mass is 396 g/mol. The first-order valence-corrected chi connectivity index (χ1v) is 9.26. The number of thiophene rings is 1. The Hall–Kier alpha value is -1.08. The molecule has 0 aliphatic carbocycles. The fourth-order valence-electron chi connectivity index (χ4n) is 3.07. The van der Waals surface area contributed by atoms with Crippen LogP contribution in [-0.2, 0) is 0 Å². The maximum atomic E-state index is 5.66. The molecular formula is C17H21BrN2O2S. The molecule has 1 aromatic carbocycles. The molecule has 124 valence electrons. The molecule has 2 heterocycles. The molecule has 4 nitrogen and oxygen atoms in total. The second kappa shape index (κ2) is 7.66. The Kier molecular flexibility index (Phi) is 5.58. The lowest BCUT2D eigenvalue weighted by molar-refractivity contribution is 0.194. The van der Waals surface area contributed by atoms with Crippen molar-refractivity contribution in [1.29, 1.82) is 0 Å². The Morgan fingerprint density at radius 1 is 1.09 bits per heavy atom. The van der Waals surface area contributed by atoms with E-state index in [4.69, 9.17) is 9.47 Å². The average molecular weight is 397 g/mol. The van der Waals surface area contributed by atoms with E-state index in [0.29, 0.717) is 0 Å². The van der Waals surface area contributed by atoms with Crippen LogP contribution in [0.25, 0.3) is 0 Å². The van der Waals surface area contributed by atoms with Crippen LogP contribution in [0.2, 0.25) is 0 Å². The minimum absolute atomic E-state index is 0.138. The number of piperazine rings is 1. The van der Waals surface area contributed by atoms with Crippen molar-refractivity contribution in [3.63, 3.8) is 0 Å². The summed E-state index contributed by atoms with van der Waals surface area (Å²) in [6.45, 7) is 4.00. The van der Waals surface area contributed by atoms with E-state index in [-0.39, 0.29) is 6.04 Å². The van der Waals surface area contributed by atoms with Crippen LogP contribution in [-0.4, -0.2) is 45.3 Å². The highest BCUT2D eigenvalue weighted by Gasteiger charge is 2.30. The predicted molar refractivity (Wildman–Crippen MR) is 97.9 cm³/mol. The number of methoxy groups -OCH3 is 2. The molecule has 2 aromatic rings. The minimum atomic E-state index is 0.138. The highest BCUT2D eigenvalue weighted by Crippen LogP contribution is 2.43. The summed E-state index contributed by atoms with van der Waals surface area (Å²) in [7, 11) is 3.44. The molecule has 0 spiro atoms. The maximum absolute atomic E-state index is 5.66. The molecule has 0 amide bonds. The molecule has 1 saturated heterocycles. The quantitative estimate of drug-likeness (QED) is 0.837. The summed E-state index contributed by atoms with van der Waals surface area (Å²) >= 11 is 5.36. The Morgan fingerprint density at radius 2 is 1.74 bits per heavy atom. The molecule has 3 rings (SSSR count). The van der Waals surface area contributed by atoms with Gasteiger partial charge < -0.3 is 14.8 Å². The van der Waals surface area contributed by atoms with Gasteiger partial charge >= 0.3 is 0 Å². The summed E-state index contributed by atoms with van der Waals surface area (Å²) in [4.78, 5) is 3.79. The van der Waals surface area contributed by atoms with Crippen molar-refractivity contribution in [3.05, 3.63) is 44.6 Å². The lowest BCUT2D eigenvalue weighted by atomic mass is 10.00. The van der Waals surface area contributed by atoms with Gasteiger partial charge in [-0.3, -0.25) is 4.90 Å². The molecule has 1 aliphatic heterocycles. The van der Waals surface area contributed by atoms with Crippen molar-refractivity contribution in [3.8, 4) is 11.5 Å². The zero-order chi connectivity index (χ0) is 16.2. The van der Waals surface area contributed by atoms with E-state index in [9.17, 15) is 0 Å². The topological polar surface area (TPSA) is 33.7 Å². The van der Waals surface area contributed by atoms with E-state index in [1.165, 1.54) is 4.88 Å². The van der Waals surface area contributed by atoms with E-state index in [1.807, 2.05) is 18.2 Å². The maximum Gasteiger partial charge on any atom is 0.127 e. The van der Waals surface area contributed by atoms with Crippen molar-refractivity contribution in [2.75, 3.05) is 40.4 Å². The van der Waals surface area contributed by atoms with E-state index in [0.717, 1.165) is 47.0 Å². The van der Waals surface area contributed by atoms with E-state index >= 15 is 0 Å². The summed E-state index contributed by atoms with van der Waals surface area (Å²) in [5, 5.41) is 3.42. The molecule has 1 fully saturated rings. The van der Waals surface area contributed by atoms with E-state index in [2.05, 4.69) is 38.3 Å². The van der Waals surface area contributed by atoms with Crippen molar-refractivity contribution in [1.82, 2.24) is 10.2 Å². The SMILES string of the molecule is COc1cccc(OC)c1C(c1ccc(Br)s1)N1CCNCC1. The van der Waals surface area contributed by atoms with Crippen LogP contribution < -0.4 is 14.8 Å². The second-order valence-electron chi connectivity index (χ2n) is 5.41. The number of ether oxygens (including phenoxy) is 2. The van der Waals surface area contributed by atoms with Crippen molar-refractivity contribution in [2.45, 2.75) is 6.04 Å². The number of rotatable bonds is 5. The zero-order valence-electron chi connectivity index (χ0n) is 13.3. The van der Waals surface area contributed by atoms with Crippen LogP contribution in [0.4, 0.5) is 0 Å². The average Bonchev–Trinajstić information content (AvgIpc) is 3.02. The number of benzene rings is 1. The Morgan fingerprint density at radius 3 is 2.26 bits per heavy atom. The summed E-state index contributed by atoms with van der Waals surface area (Å²) in [6.07, 6.45) is 0. The fourth-order valence-corrected chi connectivity index (χ4v) is 4.64. The van der Waals surface area contributed by atoms with Gasteiger partial charge in [0.1, 0.15) is 11.5 Å². The lowest BCUT2D eigenvalue weighted by Gasteiger charge is -2.35. The van der Waals surface area contributed by atoms with Crippen LogP contribution in [0.5, 0.6) is 11.5 Å². The standard InChI is InChI=1S/C17H21BrN2O2S/c1-21-12-4-3-5-13(22-2)16(12)17(14-6-7-15(18)23-14)20-10-8-19-9-11-20/h3-7,17,19H,8-11H2,1-2H3. The van der Waals surface area contributed by atoms with Crippen molar-refractivity contribution < 1.29 is 9.47 Å². The third-order valence-electron chi connectivity index (χ3n) is 4.12. The van der Waals surface area contributed by atoms with Gasteiger partial charge in [-0.05, 0) is 40.2 Å². The normalized spacial score (nSPS) is 17.0. The van der Waals surface area contributed by atoms with Crippen LogP contribution in [0.3, 0.4) is 0 Å². The Balaban J connectivity index is 2.11. The van der Waals surface area contributed by atoms with Gasteiger partial charge in [0.2, 0.25) is 0 Å². The summed E-state index contributed by atoms with van der Waals surface area (Å²) in [5.74, 6) is 1.75. The molecule has 23 heavy (non-hydrogen) atoms. The van der Waals surface area contributed by atoms with Crippen molar-refractivity contribution >= 4 is 27.3 Å². The van der Waals surface area contributed by atoms with Gasteiger partial charge in [0.25, 0.3) is 0 Å². The molecule has 1 aromatic heterocycles. The van der Waals surface area contributed by atoms with E-state index < -0.39 is 0 Å². The number of nitrogens with zero attached hydrogens (tertiary/aromatic N) is 1. The molecule has 6 heteroatoms. The first-order valence-electron chi connectivity index (χ1n) is 7.65. The molecule has 0 radical (unpaired) electrons. The molecular weight excluding hydrogens is 376 g/mol. The summed E-state index contributed by atoms with van der Waals surface area (Å²) in [6, 6.07) is 10.4. The first kappa shape index (κ1) is 16.8. The third-order valence-corrected chi connectivity index (χ3v) is 5.80. The van der Waals surface area contributed by atoms with Gasteiger partial charge in [-0.15, -0.1) is 11.3 Å². The molecule has 1 unspecified atom stereocenters. The second-order valence-corrected chi connectivity index (χ2v) is 7.90. The Labute approximate surface area is 149 Å². The van der Waals surface area contributed by atoms with Crippen LogP contribution in [0.15, 0.2) is 34.1 Å². The summed E-state index contributed by atoms with van der Waals surface area (Å²) in [5.41, 5.74) is 1.11. The number of nitrogens with one attached hydrogen (secondary N) is 1. The van der Waals surface area contributed by atoms with Crippen LogP contribution >= 0.6 is 27.3 Å². The molecule has 0 bridgehead atoms. The number of hydrogen-bond acceptors (Lipinski definition) is 5. The lowest BCUT2D eigenvalue weighted by Crippen LogP contribution is -2.45. The van der Waals surface area contributed by atoms with Gasteiger partial charge in [-0.1, -0.05) is 6.07 Å². The van der Waals surface area contributed by atoms with Crippen LogP contribution in [0, 0.1) is 0 Å². The van der Waals surface area contributed by atoms with Gasteiger partial charge in [0, 0.05) is 31.1 Å². The molecule has 1 N–H and O–H groups in total. The molecule has 1 atom stereocenters. The molecule has 0 saturated carbocycles. The van der Waals surface area contributed by atoms with Crippen LogP contribution in [0.1, 0.15) is 16.5 Å². The predicted octanol–water partition coefficient (Wildman–Crippen LogP) is 3.52. The van der Waals surface area contributed by atoms with Gasteiger partial charge in [-0.25, -0.2) is 0 Å². The largest absolute Gasteiger partial charge is 0.496 e. The van der Waals surface area contributed by atoms with Gasteiger partial charge in [-0.2, -0.15) is 0 Å². The smallest absolute Gasteiger partial charge is 0.127 e. The summed E-state index contributed by atoms with van der Waals surface area (Å²) < 4.78 is 12.5. The third kappa shape index (κ3) is 3.55. The highest BCUT2D eigenvalue weighted by molar-refractivity contribution is 9.11. The first-order chi connectivity index (χ1) is 11.2. The highest BCUT2D eigenvalue weighted by atomic mass is 79.9. The van der Waals surface area contributed by atoms with E-state index in [1.54, 1.807) is 25.6 Å². The molecule has 1 aliphatic rings. The minimum Gasteiger partial charge on any atom is -0.496 e. The van der Waals surface area contributed by atoms with Gasteiger partial charge in [0.15, 0.2) is 0 Å². The Bertz CT molecular complexity index is 634. The number of hydrogen-bond donors (Lipinski definition) is 1. The van der Waals surface area contributed by atoms with Gasteiger partial charge in [0.05, 0.1) is 29.6 Å².